The van der Waals surface area contributed by atoms with Gasteiger partial charge in [-0.1, -0.05) is 32.9 Å². The van der Waals surface area contributed by atoms with Crippen LogP contribution in [0.3, 0.4) is 0 Å². The normalized spacial score (nSPS) is 46.8. The number of hydrogen-bond acceptors (Lipinski definition) is 0. The third-order valence-electron chi connectivity index (χ3n) is 4.71. The molecule has 2 aliphatic carbocycles. The van der Waals surface area contributed by atoms with Gasteiger partial charge in [-0.2, -0.15) is 0 Å². The highest BCUT2D eigenvalue weighted by atomic mass is 14.6. The van der Waals surface area contributed by atoms with Crippen molar-refractivity contribution in [2.24, 2.45) is 16.7 Å². The fourth-order valence-corrected chi connectivity index (χ4v) is 3.11. The maximum atomic E-state index is 4.20. The summed E-state index contributed by atoms with van der Waals surface area (Å²) in [5, 5.41) is 0. The van der Waals surface area contributed by atoms with E-state index in [1.165, 1.54) is 24.8 Å². The first-order valence-electron chi connectivity index (χ1n) is 4.67. The van der Waals surface area contributed by atoms with E-state index in [-0.39, 0.29) is 0 Å². The lowest BCUT2D eigenvalue weighted by Crippen LogP contribution is -2.27. The van der Waals surface area contributed by atoms with Crippen molar-refractivity contribution >= 4 is 0 Å². The first kappa shape index (κ1) is 7.39. The Bertz CT molecular complexity index is 212. The number of fused-ring (bicyclic) bond motifs is 2. The van der Waals surface area contributed by atoms with E-state index < -0.39 is 0 Å². The van der Waals surface area contributed by atoms with E-state index in [1.54, 1.807) is 0 Å². The van der Waals surface area contributed by atoms with Gasteiger partial charge in [0.1, 0.15) is 0 Å². The zero-order valence-corrected chi connectivity index (χ0v) is 7.91. The van der Waals surface area contributed by atoms with E-state index in [0.717, 1.165) is 5.92 Å². The van der Waals surface area contributed by atoms with Gasteiger partial charge in [-0.25, -0.2) is 0 Å². The molecule has 2 fully saturated rings. The molecular formula is C11H18. The van der Waals surface area contributed by atoms with Crippen LogP contribution in [0.25, 0.3) is 0 Å². The second kappa shape index (κ2) is 1.73. The van der Waals surface area contributed by atoms with Gasteiger partial charge in [0.25, 0.3) is 0 Å². The Hall–Kier alpha value is -0.260. The smallest absolute Gasteiger partial charge is 0.00650 e. The topological polar surface area (TPSA) is 0 Å². The molecule has 0 saturated heterocycles. The number of hydrogen-bond donors (Lipinski definition) is 0. The quantitative estimate of drug-likeness (QED) is 0.464. The van der Waals surface area contributed by atoms with Crippen LogP contribution in [0.4, 0.5) is 0 Å². The standard InChI is InChI=1S/C11H18/c1-8-7-9-5-6-11(8,4)10(9,2)3/h9H,1,5-7H2,2-4H3/t9-,11+/m1/s1. The van der Waals surface area contributed by atoms with Gasteiger partial charge in [0.15, 0.2) is 0 Å². The van der Waals surface area contributed by atoms with Crippen LogP contribution in [0, 0.1) is 16.7 Å². The molecule has 2 aliphatic rings. The lowest BCUT2D eigenvalue weighted by Gasteiger charge is -2.35. The molecule has 0 spiro atoms. The van der Waals surface area contributed by atoms with Crippen molar-refractivity contribution in [1.82, 2.24) is 0 Å². The highest BCUT2D eigenvalue weighted by Crippen LogP contribution is 2.67. The Morgan fingerprint density at radius 1 is 1.36 bits per heavy atom. The molecule has 0 amide bonds. The fraction of sp³-hybridized carbons (Fsp3) is 0.818. The van der Waals surface area contributed by atoms with Crippen LogP contribution in [0.1, 0.15) is 40.0 Å². The van der Waals surface area contributed by atoms with Crippen molar-refractivity contribution in [2.45, 2.75) is 40.0 Å². The van der Waals surface area contributed by atoms with Crippen molar-refractivity contribution in [3.63, 3.8) is 0 Å². The predicted octanol–water partition coefficient (Wildman–Crippen LogP) is 3.39. The Kier molecular flexibility index (Phi) is 1.16. The zero-order valence-electron chi connectivity index (χ0n) is 7.91. The minimum Gasteiger partial charge on any atom is -0.0993 e. The summed E-state index contributed by atoms with van der Waals surface area (Å²) < 4.78 is 0. The molecule has 0 aliphatic heterocycles. The average molecular weight is 150 g/mol. The van der Waals surface area contributed by atoms with E-state index in [9.17, 15) is 0 Å². The van der Waals surface area contributed by atoms with Crippen molar-refractivity contribution in [2.75, 3.05) is 0 Å². The van der Waals surface area contributed by atoms with Gasteiger partial charge in [0.05, 0.1) is 0 Å². The van der Waals surface area contributed by atoms with Crippen LogP contribution in [0.5, 0.6) is 0 Å². The maximum Gasteiger partial charge on any atom is -0.00650 e. The Balaban J connectivity index is 2.47. The summed E-state index contributed by atoms with van der Waals surface area (Å²) in [6, 6.07) is 0. The SMILES string of the molecule is C=C1C[C@H]2CC[C@]1(C)C2(C)C. The van der Waals surface area contributed by atoms with Crippen molar-refractivity contribution in [3.8, 4) is 0 Å². The molecule has 2 saturated carbocycles. The fourth-order valence-electron chi connectivity index (χ4n) is 3.11. The van der Waals surface area contributed by atoms with Crippen molar-refractivity contribution < 1.29 is 0 Å². The van der Waals surface area contributed by atoms with Crippen LogP contribution >= 0.6 is 0 Å². The summed E-state index contributed by atoms with van der Waals surface area (Å²) in [5.41, 5.74) is 2.51. The minimum absolute atomic E-state index is 0.470. The van der Waals surface area contributed by atoms with Gasteiger partial charge in [-0.3, -0.25) is 0 Å². The number of allylic oxidation sites excluding steroid dienone is 1. The Morgan fingerprint density at radius 2 is 2.00 bits per heavy atom. The molecule has 2 atom stereocenters. The van der Waals surface area contributed by atoms with Crippen molar-refractivity contribution in [1.29, 1.82) is 0 Å². The summed E-state index contributed by atoms with van der Waals surface area (Å²) in [6.45, 7) is 11.4. The molecule has 2 bridgehead atoms. The van der Waals surface area contributed by atoms with E-state index in [0.29, 0.717) is 10.8 Å². The molecule has 0 N–H and O–H groups in total. The zero-order chi connectivity index (χ0) is 8.28. The van der Waals surface area contributed by atoms with Crippen LogP contribution in [0.2, 0.25) is 0 Å². The van der Waals surface area contributed by atoms with Gasteiger partial charge in [0, 0.05) is 0 Å². The molecule has 0 unspecified atom stereocenters. The summed E-state index contributed by atoms with van der Waals surface area (Å²) in [7, 11) is 0. The van der Waals surface area contributed by atoms with Crippen LogP contribution in [-0.4, -0.2) is 0 Å². The van der Waals surface area contributed by atoms with Gasteiger partial charge >= 0.3 is 0 Å². The maximum absolute atomic E-state index is 4.20. The van der Waals surface area contributed by atoms with E-state index in [1.807, 2.05) is 0 Å². The second-order valence-electron chi connectivity index (χ2n) is 5.10. The van der Waals surface area contributed by atoms with E-state index in [4.69, 9.17) is 0 Å². The molecule has 0 radical (unpaired) electrons. The molecule has 0 nitrogen and oxygen atoms in total. The molecule has 0 aromatic heterocycles. The minimum atomic E-state index is 0.470. The van der Waals surface area contributed by atoms with Gasteiger partial charge in [-0.05, 0) is 36.0 Å². The summed E-state index contributed by atoms with van der Waals surface area (Å²) >= 11 is 0. The van der Waals surface area contributed by atoms with Crippen molar-refractivity contribution in [3.05, 3.63) is 12.2 Å². The molecule has 0 aromatic carbocycles. The molecule has 0 heterocycles. The predicted molar refractivity (Wildman–Crippen MR) is 48.4 cm³/mol. The average Bonchev–Trinajstić information content (AvgIpc) is 2.20. The highest BCUT2D eigenvalue weighted by Gasteiger charge is 2.57. The van der Waals surface area contributed by atoms with E-state index >= 15 is 0 Å². The third-order valence-corrected chi connectivity index (χ3v) is 4.71. The number of rotatable bonds is 0. The van der Waals surface area contributed by atoms with Crippen LogP contribution in [-0.2, 0) is 0 Å². The van der Waals surface area contributed by atoms with Gasteiger partial charge in [-0.15, -0.1) is 0 Å². The highest BCUT2D eigenvalue weighted by molar-refractivity contribution is 5.26. The summed E-state index contributed by atoms with van der Waals surface area (Å²) in [6.07, 6.45) is 4.11. The van der Waals surface area contributed by atoms with E-state index in [2.05, 4.69) is 27.4 Å². The Labute approximate surface area is 69.7 Å². The van der Waals surface area contributed by atoms with Crippen LogP contribution in [0.15, 0.2) is 12.2 Å². The van der Waals surface area contributed by atoms with Gasteiger partial charge < -0.3 is 0 Å². The molecule has 0 heteroatoms. The monoisotopic (exact) mass is 150 g/mol. The summed E-state index contributed by atoms with van der Waals surface area (Å²) in [5.74, 6) is 0.931. The molecule has 2 rings (SSSR count). The van der Waals surface area contributed by atoms with Crippen LogP contribution < -0.4 is 0 Å². The second-order valence-corrected chi connectivity index (χ2v) is 5.10. The first-order valence-corrected chi connectivity index (χ1v) is 4.67. The first-order chi connectivity index (χ1) is 4.98. The third kappa shape index (κ3) is 0.617. The largest absolute Gasteiger partial charge is 0.0993 e. The lowest BCUT2D eigenvalue weighted by atomic mass is 9.69. The van der Waals surface area contributed by atoms with Gasteiger partial charge in [0.2, 0.25) is 0 Å². The molecule has 0 aromatic rings. The molecule has 11 heavy (non-hydrogen) atoms. The lowest BCUT2D eigenvalue weighted by molar-refractivity contribution is 0.179. The molecule has 62 valence electrons. The summed E-state index contributed by atoms with van der Waals surface area (Å²) in [4.78, 5) is 0. The molecular weight excluding hydrogens is 132 g/mol. The Morgan fingerprint density at radius 3 is 2.18 bits per heavy atom.